The molecule has 0 radical (unpaired) electrons. The molecule has 3 rings (SSSR count). The molecular formula is C13H14ClNO. The topological polar surface area (TPSA) is 29.1 Å². The van der Waals surface area contributed by atoms with E-state index in [2.05, 4.69) is 5.32 Å². The average molecular weight is 236 g/mol. The fourth-order valence-corrected chi connectivity index (χ4v) is 2.22. The van der Waals surface area contributed by atoms with Gasteiger partial charge in [0.05, 0.1) is 5.41 Å². The first-order valence-electron chi connectivity index (χ1n) is 5.78. The summed E-state index contributed by atoms with van der Waals surface area (Å²) in [4.78, 5) is 12.1. The van der Waals surface area contributed by atoms with Gasteiger partial charge in [0.1, 0.15) is 0 Å². The molecule has 1 amide bonds. The lowest BCUT2D eigenvalue weighted by molar-refractivity contribution is -0.123. The lowest BCUT2D eigenvalue weighted by Gasteiger charge is -2.15. The minimum Gasteiger partial charge on any atom is -0.353 e. The fourth-order valence-electron chi connectivity index (χ4n) is 2.09. The summed E-state index contributed by atoms with van der Waals surface area (Å²) >= 11 is 5.86. The summed E-state index contributed by atoms with van der Waals surface area (Å²) in [5.41, 5.74) is 0.864. The Balaban J connectivity index is 1.81. The molecule has 2 aliphatic rings. The summed E-state index contributed by atoms with van der Waals surface area (Å²) in [6.45, 7) is 0. The Morgan fingerprint density at radius 3 is 2.38 bits per heavy atom. The second-order valence-corrected chi connectivity index (χ2v) is 5.27. The van der Waals surface area contributed by atoms with Crippen molar-refractivity contribution in [1.82, 2.24) is 5.32 Å². The predicted octanol–water partition coefficient (Wildman–Crippen LogP) is 2.65. The van der Waals surface area contributed by atoms with E-state index in [1.165, 1.54) is 0 Å². The highest BCUT2D eigenvalue weighted by Gasteiger charge is 2.52. The van der Waals surface area contributed by atoms with Crippen LogP contribution >= 0.6 is 11.6 Å². The molecule has 1 aromatic rings. The Kier molecular flexibility index (Phi) is 2.21. The van der Waals surface area contributed by atoms with E-state index >= 15 is 0 Å². The zero-order valence-corrected chi connectivity index (χ0v) is 9.76. The van der Waals surface area contributed by atoms with E-state index in [1.54, 1.807) is 0 Å². The molecule has 2 nitrogen and oxygen atoms in total. The summed E-state index contributed by atoms with van der Waals surface area (Å²) < 4.78 is 0. The summed E-state index contributed by atoms with van der Waals surface area (Å²) in [7, 11) is 0. The van der Waals surface area contributed by atoms with E-state index in [4.69, 9.17) is 11.6 Å². The largest absolute Gasteiger partial charge is 0.353 e. The molecule has 1 aromatic carbocycles. The van der Waals surface area contributed by atoms with Crippen molar-refractivity contribution < 1.29 is 4.79 Å². The molecule has 0 saturated heterocycles. The van der Waals surface area contributed by atoms with Gasteiger partial charge in [-0.25, -0.2) is 0 Å². The van der Waals surface area contributed by atoms with Gasteiger partial charge in [0.25, 0.3) is 0 Å². The molecule has 2 aliphatic carbocycles. The maximum Gasteiger partial charge on any atom is 0.230 e. The van der Waals surface area contributed by atoms with Crippen LogP contribution < -0.4 is 5.32 Å². The average Bonchev–Trinajstić information content (AvgIpc) is 3.13. The maximum atomic E-state index is 12.1. The molecule has 16 heavy (non-hydrogen) atoms. The smallest absolute Gasteiger partial charge is 0.230 e. The molecule has 0 bridgehead atoms. The van der Waals surface area contributed by atoms with Crippen LogP contribution in [0, 0.1) is 0 Å². The highest BCUT2D eigenvalue weighted by molar-refractivity contribution is 6.30. The van der Waals surface area contributed by atoms with Crippen molar-refractivity contribution in [1.29, 1.82) is 0 Å². The summed E-state index contributed by atoms with van der Waals surface area (Å²) in [5.74, 6) is 0.206. The zero-order valence-electron chi connectivity index (χ0n) is 9.00. The lowest BCUT2D eigenvalue weighted by Crippen LogP contribution is -2.36. The molecule has 0 aliphatic heterocycles. The molecule has 0 heterocycles. The SMILES string of the molecule is O=C(NC1CC1)C1(c2ccc(Cl)cc2)CC1. The summed E-state index contributed by atoms with van der Waals surface area (Å²) in [5, 5.41) is 3.82. The highest BCUT2D eigenvalue weighted by atomic mass is 35.5. The van der Waals surface area contributed by atoms with Crippen LogP contribution in [0.2, 0.25) is 5.02 Å². The highest BCUT2D eigenvalue weighted by Crippen LogP contribution is 2.49. The first-order valence-corrected chi connectivity index (χ1v) is 6.15. The van der Waals surface area contributed by atoms with Crippen molar-refractivity contribution in [2.75, 3.05) is 0 Å². The van der Waals surface area contributed by atoms with Gasteiger partial charge in [-0.1, -0.05) is 23.7 Å². The van der Waals surface area contributed by atoms with E-state index in [1.807, 2.05) is 24.3 Å². The van der Waals surface area contributed by atoms with Gasteiger partial charge >= 0.3 is 0 Å². The Bertz CT molecular complexity index is 418. The number of amides is 1. The van der Waals surface area contributed by atoms with E-state index in [0.717, 1.165) is 36.3 Å². The molecule has 0 unspecified atom stereocenters. The second kappa shape index (κ2) is 3.49. The van der Waals surface area contributed by atoms with Gasteiger partial charge in [0, 0.05) is 11.1 Å². The van der Waals surface area contributed by atoms with Crippen LogP contribution in [0.1, 0.15) is 31.2 Å². The normalized spacial score (nSPS) is 21.6. The number of nitrogens with one attached hydrogen (secondary N) is 1. The van der Waals surface area contributed by atoms with E-state index < -0.39 is 0 Å². The van der Waals surface area contributed by atoms with Crippen molar-refractivity contribution in [2.24, 2.45) is 0 Å². The van der Waals surface area contributed by atoms with Crippen molar-refractivity contribution in [3.8, 4) is 0 Å². The molecule has 84 valence electrons. The van der Waals surface area contributed by atoms with Gasteiger partial charge in [-0.3, -0.25) is 4.79 Å². The third-order valence-corrected chi connectivity index (χ3v) is 3.75. The van der Waals surface area contributed by atoms with Crippen molar-refractivity contribution in [3.63, 3.8) is 0 Å². The van der Waals surface area contributed by atoms with Crippen molar-refractivity contribution >= 4 is 17.5 Å². The Labute approximate surface area is 100.0 Å². The number of carbonyl (C=O) groups is 1. The van der Waals surface area contributed by atoms with Crippen LogP contribution in [0.15, 0.2) is 24.3 Å². The molecule has 1 N–H and O–H groups in total. The second-order valence-electron chi connectivity index (χ2n) is 4.84. The molecule has 0 atom stereocenters. The van der Waals surface area contributed by atoms with E-state index in [0.29, 0.717) is 6.04 Å². The Morgan fingerprint density at radius 1 is 1.25 bits per heavy atom. The van der Waals surface area contributed by atoms with Gasteiger partial charge in [0.15, 0.2) is 0 Å². The number of hydrogen-bond acceptors (Lipinski definition) is 1. The minimum absolute atomic E-state index is 0.206. The maximum absolute atomic E-state index is 12.1. The Hall–Kier alpha value is -1.02. The number of carbonyl (C=O) groups excluding carboxylic acids is 1. The molecule has 2 saturated carbocycles. The third-order valence-electron chi connectivity index (χ3n) is 3.49. The lowest BCUT2D eigenvalue weighted by atomic mass is 9.95. The summed E-state index contributed by atoms with van der Waals surface area (Å²) in [6, 6.07) is 8.11. The third kappa shape index (κ3) is 1.71. The van der Waals surface area contributed by atoms with E-state index in [-0.39, 0.29) is 11.3 Å². The van der Waals surface area contributed by atoms with Crippen molar-refractivity contribution in [2.45, 2.75) is 37.1 Å². The van der Waals surface area contributed by atoms with Crippen molar-refractivity contribution in [3.05, 3.63) is 34.9 Å². The first-order chi connectivity index (χ1) is 7.71. The number of halogens is 1. The van der Waals surface area contributed by atoms with Crippen LogP contribution in [-0.4, -0.2) is 11.9 Å². The van der Waals surface area contributed by atoms with Crippen LogP contribution in [0.4, 0.5) is 0 Å². The molecule has 0 aromatic heterocycles. The van der Waals surface area contributed by atoms with Crippen LogP contribution in [0.5, 0.6) is 0 Å². The number of hydrogen-bond donors (Lipinski definition) is 1. The molecular weight excluding hydrogens is 222 g/mol. The molecule has 3 heteroatoms. The molecule has 0 spiro atoms. The zero-order chi connectivity index (χ0) is 11.2. The van der Waals surface area contributed by atoms with E-state index in [9.17, 15) is 4.79 Å². The summed E-state index contributed by atoms with van der Waals surface area (Å²) in [6.07, 6.45) is 4.21. The molecule has 2 fully saturated rings. The van der Waals surface area contributed by atoms with Gasteiger partial charge in [-0.15, -0.1) is 0 Å². The van der Waals surface area contributed by atoms with Gasteiger partial charge in [0.2, 0.25) is 5.91 Å². The number of rotatable bonds is 3. The number of benzene rings is 1. The van der Waals surface area contributed by atoms with Crippen LogP contribution in [0.25, 0.3) is 0 Å². The van der Waals surface area contributed by atoms with Gasteiger partial charge < -0.3 is 5.32 Å². The minimum atomic E-state index is -0.243. The fraction of sp³-hybridized carbons (Fsp3) is 0.462. The Morgan fingerprint density at radius 2 is 1.88 bits per heavy atom. The predicted molar refractivity (Wildman–Crippen MR) is 63.5 cm³/mol. The quantitative estimate of drug-likeness (QED) is 0.858. The standard InChI is InChI=1S/C13H14ClNO/c14-10-3-1-9(2-4-10)13(7-8-13)12(16)15-11-5-6-11/h1-4,11H,5-8H2,(H,15,16). The van der Waals surface area contributed by atoms with Crippen LogP contribution in [-0.2, 0) is 10.2 Å². The van der Waals surface area contributed by atoms with Crippen LogP contribution in [0.3, 0.4) is 0 Å². The first kappa shape index (κ1) is 10.2. The monoisotopic (exact) mass is 235 g/mol. The van der Waals surface area contributed by atoms with Gasteiger partial charge in [-0.2, -0.15) is 0 Å². The van der Waals surface area contributed by atoms with Gasteiger partial charge in [-0.05, 0) is 43.4 Å².